The molecule has 0 fully saturated rings. The second-order valence-electron chi connectivity index (χ2n) is 27.8. The molecule has 0 saturated heterocycles. The van der Waals surface area contributed by atoms with Gasteiger partial charge >= 0.3 is 33.6 Å². The molecule has 5 unspecified atom stereocenters. The van der Waals surface area contributed by atoms with Gasteiger partial charge in [0, 0.05) is 19.3 Å². The second kappa shape index (κ2) is 83.8. The smallest absolute Gasteiger partial charge is 0.463 e. The Morgan fingerprint density at radius 2 is 0.450 bits per heavy atom. The van der Waals surface area contributed by atoms with Crippen LogP contribution in [0.2, 0.25) is 0 Å². The minimum atomic E-state index is -4.96. The molecule has 0 aromatic rings. The predicted octanol–water partition coefficient (Wildman–Crippen LogP) is 25.9. The summed E-state index contributed by atoms with van der Waals surface area (Å²) in [5.41, 5.74) is 0. The maximum absolute atomic E-state index is 13.0. The summed E-state index contributed by atoms with van der Waals surface area (Å²) in [6, 6.07) is 0. The third kappa shape index (κ3) is 85.1. The first-order valence-electron chi connectivity index (χ1n) is 42.7. The molecular formula is C93H152O16P2. The van der Waals surface area contributed by atoms with Crippen LogP contribution in [0.4, 0.5) is 0 Å². The predicted molar refractivity (Wildman–Crippen MR) is 463 cm³/mol. The normalized spacial score (nSPS) is 14.8. The third-order valence-corrected chi connectivity index (χ3v) is 19.2. The largest absolute Gasteiger partial charge is 0.472 e. The Balaban J connectivity index is 4.54. The number of hydrogen-bond acceptors (Lipinski definition) is 14. The number of allylic oxidation sites excluding steroid dienone is 32. The molecule has 0 aromatic heterocycles. The van der Waals surface area contributed by atoms with E-state index in [2.05, 4.69) is 215 Å². The highest BCUT2D eigenvalue weighted by molar-refractivity contribution is 7.47. The molecule has 4 N–H and O–H groups in total. The van der Waals surface area contributed by atoms with Crippen molar-refractivity contribution in [3.05, 3.63) is 194 Å². The Hall–Kier alpha value is -5.61. The average molecular weight is 1590 g/mol. The molecule has 0 spiro atoms. The van der Waals surface area contributed by atoms with Crippen molar-refractivity contribution in [3.8, 4) is 0 Å². The SMILES string of the molecule is CC/C=C\C/C=C\C/C=C\C/C=C\C/C=C\C/C=C\CCCCC(=O)OCC(COP(=O)(O)OCC(O)COP(=O)(O)OCC(O)COC(=O)CCCCCCCCCCCCCCCCCCCCC/C=C\C/C=C\C/C=C\C/C=C\C/C=C\CC)OC(=O)CCCCC/C=C\C/C=C\C/C=C\C/C=C\C/C=C\CC. The number of carbonyl (C=O) groups is 3. The van der Waals surface area contributed by atoms with E-state index in [4.69, 9.17) is 32.3 Å². The molecule has 0 aromatic carbocycles. The van der Waals surface area contributed by atoms with Gasteiger partial charge in [0.15, 0.2) is 6.10 Å². The molecule has 5 atom stereocenters. The van der Waals surface area contributed by atoms with E-state index >= 15 is 0 Å². The Morgan fingerprint density at radius 3 is 0.739 bits per heavy atom. The van der Waals surface area contributed by atoms with Gasteiger partial charge in [-0.1, -0.05) is 331 Å². The summed E-state index contributed by atoms with van der Waals surface area (Å²) in [5, 5.41) is 20.7. The number of phosphoric ester groups is 2. The lowest BCUT2D eigenvalue weighted by Crippen LogP contribution is -2.30. The zero-order valence-corrected chi connectivity index (χ0v) is 70.8. The summed E-state index contributed by atoms with van der Waals surface area (Å²) >= 11 is 0. The molecule has 0 aliphatic heterocycles. The first-order valence-corrected chi connectivity index (χ1v) is 45.7. The van der Waals surface area contributed by atoms with Crippen molar-refractivity contribution in [2.75, 3.05) is 39.6 Å². The van der Waals surface area contributed by atoms with E-state index in [1.165, 1.54) is 103 Å². The lowest BCUT2D eigenvalue weighted by molar-refractivity contribution is -0.161. The van der Waals surface area contributed by atoms with Gasteiger partial charge in [0.05, 0.1) is 26.4 Å². The van der Waals surface area contributed by atoms with Gasteiger partial charge in [0.1, 0.15) is 25.4 Å². The first kappa shape index (κ1) is 105. The van der Waals surface area contributed by atoms with E-state index in [0.29, 0.717) is 19.3 Å². The summed E-state index contributed by atoms with van der Waals surface area (Å²) in [6.07, 6.45) is 111. The van der Waals surface area contributed by atoms with Crippen LogP contribution >= 0.6 is 15.6 Å². The molecule has 0 aliphatic rings. The van der Waals surface area contributed by atoms with Crippen molar-refractivity contribution in [1.29, 1.82) is 0 Å². The van der Waals surface area contributed by atoms with Crippen LogP contribution in [0.15, 0.2) is 194 Å². The van der Waals surface area contributed by atoms with Crippen LogP contribution in [0.5, 0.6) is 0 Å². The fourth-order valence-corrected chi connectivity index (χ4v) is 12.5. The number of rotatable bonds is 79. The number of ether oxygens (including phenoxy) is 3. The zero-order valence-electron chi connectivity index (χ0n) is 69.1. The Bertz CT molecular complexity index is 2800. The number of phosphoric acid groups is 2. The molecule has 0 bridgehead atoms. The van der Waals surface area contributed by atoms with Crippen molar-refractivity contribution in [2.24, 2.45) is 0 Å². The Labute approximate surface area is 674 Å². The van der Waals surface area contributed by atoms with Crippen LogP contribution in [-0.4, -0.2) is 95.9 Å². The van der Waals surface area contributed by atoms with Gasteiger partial charge in [-0.25, -0.2) is 9.13 Å². The third-order valence-electron chi connectivity index (χ3n) is 17.3. The van der Waals surface area contributed by atoms with E-state index in [0.717, 1.165) is 154 Å². The number of aliphatic hydroxyl groups excluding tert-OH is 2. The fourth-order valence-electron chi connectivity index (χ4n) is 10.9. The van der Waals surface area contributed by atoms with E-state index in [9.17, 15) is 43.5 Å². The molecule has 0 radical (unpaired) electrons. The van der Waals surface area contributed by atoms with E-state index in [1.54, 1.807) is 0 Å². The molecule has 0 amide bonds. The van der Waals surface area contributed by atoms with Gasteiger partial charge in [0.25, 0.3) is 0 Å². The van der Waals surface area contributed by atoms with Crippen LogP contribution in [0.25, 0.3) is 0 Å². The van der Waals surface area contributed by atoms with Gasteiger partial charge in [-0.3, -0.25) is 32.5 Å². The van der Waals surface area contributed by atoms with Crippen molar-refractivity contribution in [2.45, 2.75) is 334 Å². The fraction of sp³-hybridized carbons (Fsp3) is 0.624. The summed E-state index contributed by atoms with van der Waals surface area (Å²) in [7, 11) is -9.83. The maximum atomic E-state index is 13.0. The first-order chi connectivity index (χ1) is 54.2. The second-order valence-corrected chi connectivity index (χ2v) is 30.7. The highest BCUT2D eigenvalue weighted by Gasteiger charge is 2.29. The van der Waals surface area contributed by atoms with Crippen LogP contribution in [-0.2, 0) is 55.8 Å². The summed E-state index contributed by atoms with van der Waals surface area (Å²) in [6.45, 7) is 2.25. The molecule has 16 nitrogen and oxygen atoms in total. The van der Waals surface area contributed by atoms with Gasteiger partial charge in [-0.2, -0.15) is 0 Å². The van der Waals surface area contributed by atoms with E-state index < -0.39 is 91.5 Å². The van der Waals surface area contributed by atoms with Crippen LogP contribution in [0.3, 0.4) is 0 Å². The average Bonchev–Trinajstić information content (AvgIpc) is 0.902. The number of aliphatic hydroxyl groups is 2. The van der Waals surface area contributed by atoms with Gasteiger partial charge < -0.3 is 34.2 Å². The van der Waals surface area contributed by atoms with Gasteiger partial charge in [-0.15, -0.1) is 0 Å². The summed E-state index contributed by atoms with van der Waals surface area (Å²) in [4.78, 5) is 58.8. The van der Waals surface area contributed by atoms with E-state index in [-0.39, 0.29) is 19.3 Å². The molecule has 111 heavy (non-hydrogen) atoms. The number of unbranched alkanes of at least 4 members (excludes halogenated alkanes) is 24. The maximum Gasteiger partial charge on any atom is 0.472 e. The highest BCUT2D eigenvalue weighted by Crippen LogP contribution is 2.45. The van der Waals surface area contributed by atoms with Crippen molar-refractivity contribution < 1.29 is 75.8 Å². The van der Waals surface area contributed by atoms with Gasteiger partial charge in [0.2, 0.25) is 0 Å². The standard InChI is InChI=1S/C93H152O16P2/c1-4-7-10-13-16-19-22-25-28-31-34-36-37-38-39-40-41-42-43-44-45-46-47-48-49-51-54-55-58-61-64-67-70-73-76-79-91(96)103-82-88(94)83-105-110(99,100)106-84-89(95)85-107-111(101,102)108-87-90(109-93(98)81-78-75-72-69-66-63-60-57-52-33-30-27-24-21-18-15-12-9-6-3)86-104-92(97)80-77-74-71-68-65-62-59-56-53-50-35-32-29-26-23-20-17-14-11-8-5-2/h7-12,16-21,25-30,34-36,38-39,50,52,56-57,59,63,65-66,68,88-90,94-95H,4-6,13-15,22-24,31-33,37,40-49,51,53-55,58,60-62,64,67,69-87H2,1-3H3,(H,99,100)(H,101,102)/b10-7-,11-8-,12-9-,19-16-,20-17-,21-18-,28-25-,29-26-,30-27-,36-34-,39-38-,50-35-,57-52-,59-56-,66-63-,68-65-. The molecule has 630 valence electrons. The molecule has 0 heterocycles. The van der Waals surface area contributed by atoms with Crippen molar-refractivity contribution in [1.82, 2.24) is 0 Å². The minimum Gasteiger partial charge on any atom is -0.463 e. The topological polar surface area (TPSA) is 231 Å². The lowest BCUT2D eigenvalue weighted by atomic mass is 10.0. The Morgan fingerprint density at radius 1 is 0.252 bits per heavy atom. The lowest BCUT2D eigenvalue weighted by Gasteiger charge is -2.21. The highest BCUT2D eigenvalue weighted by atomic mass is 31.2. The molecule has 0 saturated carbocycles. The molecular weight excluding hydrogens is 1430 g/mol. The Kier molecular flexibility index (Phi) is 79.6. The summed E-state index contributed by atoms with van der Waals surface area (Å²) in [5.74, 6) is -1.67. The molecule has 0 rings (SSSR count). The zero-order chi connectivity index (χ0) is 80.8. The molecule has 18 heteroatoms. The number of carbonyl (C=O) groups excluding carboxylic acids is 3. The minimum absolute atomic E-state index is 0.0482. The van der Waals surface area contributed by atoms with E-state index in [1.807, 2.05) is 0 Å². The van der Waals surface area contributed by atoms with Crippen molar-refractivity contribution in [3.63, 3.8) is 0 Å². The molecule has 0 aliphatic carbocycles. The quantitative estimate of drug-likeness (QED) is 0.0146. The number of esters is 3. The van der Waals surface area contributed by atoms with Crippen LogP contribution in [0, 0.1) is 0 Å². The number of hydrogen-bond donors (Lipinski definition) is 4. The van der Waals surface area contributed by atoms with Gasteiger partial charge in [-0.05, 0) is 161 Å². The van der Waals surface area contributed by atoms with Crippen LogP contribution < -0.4 is 0 Å². The van der Waals surface area contributed by atoms with Crippen LogP contribution in [0.1, 0.15) is 316 Å². The van der Waals surface area contributed by atoms with Crippen molar-refractivity contribution >= 4 is 33.6 Å². The summed E-state index contributed by atoms with van der Waals surface area (Å²) < 4.78 is 61.2. The monoisotopic (exact) mass is 1590 g/mol.